The molecule has 0 aromatic carbocycles. The molecular formula is C14H23N3O3. The van der Waals surface area contributed by atoms with Gasteiger partial charge in [-0.3, -0.25) is 0 Å². The van der Waals surface area contributed by atoms with Crippen LogP contribution in [0.1, 0.15) is 50.4 Å². The van der Waals surface area contributed by atoms with Gasteiger partial charge in [-0.15, -0.1) is 0 Å². The number of aryl methyl sites for hydroxylation is 1. The Morgan fingerprint density at radius 1 is 1.60 bits per heavy atom. The van der Waals surface area contributed by atoms with Gasteiger partial charge in [0.1, 0.15) is 11.6 Å². The molecular weight excluding hydrogens is 258 g/mol. The normalized spacial score (nSPS) is 25.9. The number of nitrogens with two attached hydrogens (primary N) is 1. The minimum Gasteiger partial charge on any atom is -0.461 e. The van der Waals surface area contributed by atoms with Crippen LogP contribution in [0.5, 0.6) is 0 Å². The number of carbonyl (C=O) groups excluding carboxylic acids is 1. The highest BCUT2D eigenvalue weighted by Gasteiger charge is 2.42. The topological polar surface area (TPSA) is 79.4 Å². The minimum atomic E-state index is -0.464. The lowest BCUT2D eigenvalue weighted by atomic mass is 9.94. The molecule has 2 N–H and O–H groups in total. The van der Waals surface area contributed by atoms with Crippen molar-refractivity contribution in [2.75, 3.05) is 18.9 Å². The lowest BCUT2D eigenvalue weighted by Crippen LogP contribution is -2.38. The molecule has 0 bridgehead atoms. The smallest absolute Gasteiger partial charge is 0.360 e. The molecule has 0 saturated carbocycles. The predicted molar refractivity (Wildman–Crippen MR) is 75.7 cm³/mol. The zero-order chi connectivity index (χ0) is 14.9. The average Bonchev–Trinajstić information content (AvgIpc) is 2.92. The second kappa shape index (κ2) is 5.44. The molecule has 2 heterocycles. The van der Waals surface area contributed by atoms with E-state index in [1.54, 1.807) is 6.92 Å². The molecule has 0 amide bonds. The van der Waals surface area contributed by atoms with Gasteiger partial charge in [-0.1, -0.05) is 6.92 Å². The van der Waals surface area contributed by atoms with Gasteiger partial charge in [0.25, 0.3) is 0 Å². The minimum absolute atomic E-state index is 0.0272. The Morgan fingerprint density at radius 2 is 2.30 bits per heavy atom. The van der Waals surface area contributed by atoms with Gasteiger partial charge in [-0.25, -0.2) is 9.78 Å². The molecule has 0 radical (unpaired) electrons. The zero-order valence-electron chi connectivity index (χ0n) is 12.6. The maximum Gasteiger partial charge on any atom is 0.360 e. The third-order valence-electron chi connectivity index (χ3n) is 4.13. The number of anilines is 1. The van der Waals surface area contributed by atoms with E-state index in [9.17, 15) is 4.79 Å². The van der Waals surface area contributed by atoms with Gasteiger partial charge in [0, 0.05) is 13.0 Å². The van der Waals surface area contributed by atoms with Crippen LogP contribution in [0.4, 0.5) is 5.82 Å². The van der Waals surface area contributed by atoms with Crippen LogP contribution in [-0.2, 0) is 21.4 Å². The van der Waals surface area contributed by atoms with Crippen LogP contribution < -0.4 is 5.73 Å². The van der Waals surface area contributed by atoms with Gasteiger partial charge in [0.15, 0.2) is 5.69 Å². The molecule has 1 aromatic rings. The largest absolute Gasteiger partial charge is 0.461 e. The standard InChI is InChI=1S/C14H23N3O3/c1-5-10-16-11(13(18)19-6-2)12(15)17(10)14(4)7-8-20-9(14)3/h9H,5-8,15H2,1-4H3. The van der Waals surface area contributed by atoms with Crippen LogP contribution in [0.2, 0.25) is 0 Å². The fourth-order valence-electron chi connectivity index (χ4n) is 2.76. The van der Waals surface area contributed by atoms with E-state index in [1.807, 2.05) is 18.4 Å². The summed E-state index contributed by atoms with van der Waals surface area (Å²) in [6.07, 6.45) is 1.58. The first-order chi connectivity index (χ1) is 9.45. The zero-order valence-corrected chi connectivity index (χ0v) is 12.6. The van der Waals surface area contributed by atoms with E-state index in [4.69, 9.17) is 15.2 Å². The molecule has 1 aliphatic heterocycles. The molecule has 2 rings (SSSR count). The number of nitrogens with zero attached hydrogens (tertiary/aromatic N) is 2. The van der Waals surface area contributed by atoms with Crippen molar-refractivity contribution in [3.8, 4) is 0 Å². The molecule has 1 aliphatic rings. The van der Waals surface area contributed by atoms with E-state index in [0.29, 0.717) is 25.5 Å². The number of esters is 1. The summed E-state index contributed by atoms with van der Waals surface area (Å²) in [5.41, 5.74) is 6.12. The highest BCUT2D eigenvalue weighted by atomic mass is 16.5. The Hall–Kier alpha value is -1.56. The van der Waals surface area contributed by atoms with Crippen LogP contribution in [0.25, 0.3) is 0 Å². The fraction of sp³-hybridized carbons (Fsp3) is 0.714. The number of hydrogen-bond acceptors (Lipinski definition) is 5. The Morgan fingerprint density at radius 3 is 2.80 bits per heavy atom. The number of nitrogen functional groups attached to an aromatic ring is 1. The molecule has 6 heteroatoms. The van der Waals surface area contributed by atoms with Crippen molar-refractivity contribution >= 4 is 11.8 Å². The van der Waals surface area contributed by atoms with E-state index in [-0.39, 0.29) is 17.3 Å². The van der Waals surface area contributed by atoms with Crippen molar-refractivity contribution in [3.05, 3.63) is 11.5 Å². The molecule has 1 aromatic heterocycles. The average molecular weight is 281 g/mol. The highest BCUT2D eigenvalue weighted by Crippen LogP contribution is 2.37. The summed E-state index contributed by atoms with van der Waals surface area (Å²) in [5, 5.41) is 0. The van der Waals surface area contributed by atoms with E-state index in [2.05, 4.69) is 11.9 Å². The number of hydrogen-bond donors (Lipinski definition) is 1. The fourth-order valence-corrected chi connectivity index (χ4v) is 2.76. The highest BCUT2D eigenvalue weighted by molar-refractivity contribution is 5.92. The molecule has 6 nitrogen and oxygen atoms in total. The van der Waals surface area contributed by atoms with E-state index in [0.717, 1.165) is 12.2 Å². The third kappa shape index (κ3) is 2.18. The maximum absolute atomic E-state index is 11.9. The number of imidazole rings is 1. The van der Waals surface area contributed by atoms with Gasteiger partial charge >= 0.3 is 5.97 Å². The van der Waals surface area contributed by atoms with Crippen molar-refractivity contribution in [2.45, 2.75) is 52.2 Å². The van der Waals surface area contributed by atoms with Crippen LogP contribution in [0.3, 0.4) is 0 Å². The van der Waals surface area contributed by atoms with Crippen molar-refractivity contribution in [3.63, 3.8) is 0 Å². The van der Waals surface area contributed by atoms with Crippen molar-refractivity contribution < 1.29 is 14.3 Å². The Labute approximate surface area is 119 Å². The van der Waals surface area contributed by atoms with Crippen molar-refractivity contribution in [1.82, 2.24) is 9.55 Å². The number of rotatable bonds is 4. The van der Waals surface area contributed by atoms with Crippen molar-refractivity contribution in [1.29, 1.82) is 0 Å². The Balaban J connectivity index is 2.50. The first-order valence-electron chi connectivity index (χ1n) is 7.12. The summed E-state index contributed by atoms with van der Waals surface area (Å²) >= 11 is 0. The van der Waals surface area contributed by atoms with E-state index < -0.39 is 5.97 Å². The van der Waals surface area contributed by atoms with Gasteiger partial charge < -0.3 is 19.8 Å². The molecule has 2 atom stereocenters. The monoisotopic (exact) mass is 281 g/mol. The predicted octanol–water partition coefficient (Wildman–Crippen LogP) is 1.73. The summed E-state index contributed by atoms with van der Waals surface area (Å²) in [4.78, 5) is 16.3. The van der Waals surface area contributed by atoms with Gasteiger partial charge in [-0.05, 0) is 27.2 Å². The molecule has 20 heavy (non-hydrogen) atoms. The van der Waals surface area contributed by atoms with Crippen molar-refractivity contribution in [2.24, 2.45) is 0 Å². The SMILES string of the molecule is CCOC(=O)c1nc(CC)n(C2(C)CCOC2C)c1N. The van der Waals surface area contributed by atoms with E-state index in [1.165, 1.54) is 0 Å². The number of carbonyl (C=O) groups is 1. The second-order valence-electron chi connectivity index (χ2n) is 5.29. The first-order valence-corrected chi connectivity index (χ1v) is 7.12. The molecule has 0 aliphatic carbocycles. The molecule has 1 fully saturated rings. The maximum atomic E-state index is 11.9. The first kappa shape index (κ1) is 14.8. The lowest BCUT2D eigenvalue weighted by Gasteiger charge is -2.32. The van der Waals surface area contributed by atoms with Crippen LogP contribution >= 0.6 is 0 Å². The summed E-state index contributed by atoms with van der Waals surface area (Å²) in [5.74, 6) is 0.708. The molecule has 0 spiro atoms. The van der Waals surface area contributed by atoms with Gasteiger partial charge in [-0.2, -0.15) is 0 Å². The summed E-state index contributed by atoms with van der Waals surface area (Å²) in [6, 6.07) is 0. The number of aromatic nitrogens is 2. The molecule has 1 saturated heterocycles. The summed E-state index contributed by atoms with van der Waals surface area (Å²) in [7, 11) is 0. The molecule has 2 unspecified atom stereocenters. The summed E-state index contributed by atoms with van der Waals surface area (Å²) < 4.78 is 12.6. The lowest BCUT2D eigenvalue weighted by molar-refractivity contribution is 0.0520. The second-order valence-corrected chi connectivity index (χ2v) is 5.29. The van der Waals surface area contributed by atoms with Crippen LogP contribution in [-0.4, -0.2) is 34.8 Å². The van der Waals surface area contributed by atoms with Gasteiger partial charge in [0.2, 0.25) is 0 Å². The van der Waals surface area contributed by atoms with Gasteiger partial charge in [0.05, 0.1) is 18.2 Å². The van der Waals surface area contributed by atoms with Crippen LogP contribution in [0.15, 0.2) is 0 Å². The third-order valence-corrected chi connectivity index (χ3v) is 4.13. The quantitative estimate of drug-likeness (QED) is 0.850. The number of ether oxygens (including phenoxy) is 2. The molecule has 112 valence electrons. The Kier molecular flexibility index (Phi) is 4.04. The van der Waals surface area contributed by atoms with Crippen LogP contribution in [0, 0.1) is 0 Å². The van der Waals surface area contributed by atoms with E-state index >= 15 is 0 Å². The summed E-state index contributed by atoms with van der Waals surface area (Å²) in [6.45, 7) is 8.88. The Bertz CT molecular complexity index is 512.